The number of nitrogens with zero attached hydrogens (tertiary/aromatic N) is 1. The summed E-state index contributed by atoms with van der Waals surface area (Å²) < 4.78 is 5.15. The van der Waals surface area contributed by atoms with E-state index in [1.807, 2.05) is 13.8 Å². The third-order valence-corrected chi connectivity index (χ3v) is 3.83. The summed E-state index contributed by atoms with van der Waals surface area (Å²) in [5.74, 6) is 1.82. The van der Waals surface area contributed by atoms with Crippen LogP contribution in [0, 0.1) is 12.3 Å². The number of likely N-dealkylation sites (N-methyl/N-ethyl adjacent to an activating group) is 1. The molecule has 0 bridgehead atoms. The largest absolute Gasteiger partial charge is 0.444 e. The van der Waals surface area contributed by atoms with Crippen LogP contribution in [0.2, 0.25) is 0 Å². The first-order chi connectivity index (χ1) is 13.5. The Morgan fingerprint density at radius 1 is 1.17 bits per heavy atom. The van der Waals surface area contributed by atoms with E-state index in [9.17, 15) is 14.4 Å². The van der Waals surface area contributed by atoms with Gasteiger partial charge in [0.1, 0.15) is 18.2 Å². The van der Waals surface area contributed by atoms with Gasteiger partial charge >= 0.3 is 6.09 Å². The van der Waals surface area contributed by atoms with E-state index in [4.69, 9.17) is 11.2 Å². The van der Waals surface area contributed by atoms with Crippen molar-refractivity contribution in [3.63, 3.8) is 0 Å². The Bertz CT molecular complexity index is 758. The van der Waals surface area contributed by atoms with Gasteiger partial charge < -0.3 is 20.3 Å². The highest BCUT2D eigenvalue weighted by molar-refractivity contribution is 5.90. The van der Waals surface area contributed by atoms with Crippen molar-refractivity contribution >= 4 is 17.9 Å². The number of terminal acetylenes is 1. The van der Waals surface area contributed by atoms with Crippen LogP contribution >= 0.6 is 0 Å². The van der Waals surface area contributed by atoms with E-state index < -0.39 is 23.6 Å². The molecule has 0 aliphatic carbocycles. The predicted molar refractivity (Wildman–Crippen MR) is 112 cm³/mol. The van der Waals surface area contributed by atoms with Gasteiger partial charge in [0.05, 0.1) is 0 Å². The zero-order valence-corrected chi connectivity index (χ0v) is 18.0. The standard InChI is InChI=1S/C22H31N3O4/c1-8-16-10-12-17(13-11-16)19(20(27)24-15(3)4)25(9-2)18(26)14-23-21(28)29-22(5,6)7/h1,10-13,15,19H,9,14H2,2-7H3,(H,23,28)(H,24,27). The molecule has 0 saturated carbocycles. The fourth-order valence-electron chi connectivity index (χ4n) is 2.66. The zero-order chi connectivity index (χ0) is 22.2. The summed E-state index contributed by atoms with van der Waals surface area (Å²) in [4.78, 5) is 39.0. The molecule has 0 aromatic heterocycles. The quantitative estimate of drug-likeness (QED) is 0.688. The minimum atomic E-state index is -0.845. The lowest BCUT2D eigenvalue weighted by molar-refractivity contribution is -0.140. The Kier molecular flexibility index (Phi) is 8.71. The molecule has 0 heterocycles. The van der Waals surface area contributed by atoms with Crippen molar-refractivity contribution in [2.75, 3.05) is 13.1 Å². The number of carbonyl (C=O) groups excluding carboxylic acids is 3. The first-order valence-electron chi connectivity index (χ1n) is 9.61. The lowest BCUT2D eigenvalue weighted by Gasteiger charge is -2.31. The Morgan fingerprint density at radius 2 is 1.76 bits per heavy atom. The Hall–Kier alpha value is -3.01. The van der Waals surface area contributed by atoms with Crippen LogP contribution in [0.4, 0.5) is 4.79 Å². The lowest BCUT2D eigenvalue weighted by atomic mass is 10.0. The molecule has 1 rings (SSSR count). The minimum absolute atomic E-state index is 0.0938. The summed E-state index contributed by atoms with van der Waals surface area (Å²) >= 11 is 0. The van der Waals surface area contributed by atoms with Gasteiger partial charge in [0.15, 0.2) is 0 Å². The summed E-state index contributed by atoms with van der Waals surface area (Å²) in [6.45, 7) is 10.7. The topological polar surface area (TPSA) is 87.7 Å². The molecule has 0 aliphatic rings. The van der Waals surface area contributed by atoms with Gasteiger partial charge in [-0.25, -0.2) is 4.79 Å². The number of hydrogen-bond acceptors (Lipinski definition) is 4. The fraction of sp³-hybridized carbons (Fsp3) is 0.500. The van der Waals surface area contributed by atoms with Crippen LogP contribution in [-0.2, 0) is 14.3 Å². The number of nitrogens with one attached hydrogen (secondary N) is 2. The zero-order valence-electron chi connectivity index (χ0n) is 18.0. The van der Waals surface area contributed by atoms with Crippen LogP contribution in [0.1, 0.15) is 58.7 Å². The van der Waals surface area contributed by atoms with Crippen molar-refractivity contribution in [3.8, 4) is 12.3 Å². The van der Waals surface area contributed by atoms with Crippen molar-refractivity contribution in [3.05, 3.63) is 35.4 Å². The SMILES string of the molecule is C#Cc1ccc(C(C(=O)NC(C)C)N(CC)C(=O)CNC(=O)OC(C)(C)C)cc1. The normalized spacial score (nSPS) is 11.9. The number of alkyl carbamates (subject to hydrolysis) is 1. The van der Waals surface area contributed by atoms with Crippen LogP contribution in [0.25, 0.3) is 0 Å². The molecule has 0 radical (unpaired) electrons. The predicted octanol–water partition coefficient (Wildman–Crippen LogP) is 2.61. The van der Waals surface area contributed by atoms with Gasteiger partial charge in [0.25, 0.3) is 0 Å². The van der Waals surface area contributed by atoms with Crippen LogP contribution in [-0.4, -0.2) is 47.5 Å². The summed E-state index contributed by atoms with van der Waals surface area (Å²) in [5.41, 5.74) is 0.642. The van der Waals surface area contributed by atoms with Crippen molar-refractivity contribution < 1.29 is 19.1 Å². The first kappa shape index (κ1) is 24.0. The molecule has 1 aromatic carbocycles. The van der Waals surface area contributed by atoms with Crippen LogP contribution in [0.3, 0.4) is 0 Å². The molecule has 1 atom stereocenters. The average Bonchev–Trinajstić information content (AvgIpc) is 2.62. The number of carbonyl (C=O) groups is 3. The maximum Gasteiger partial charge on any atom is 0.408 e. The van der Waals surface area contributed by atoms with Crippen molar-refractivity contribution in [1.29, 1.82) is 0 Å². The van der Waals surface area contributed by atoms with E-state index in [0.29, 0.717) is 11.1 Å². The molecule has 3 amide bonds. The number of amides is 3. The molecular weight excluding hydrogens is 370 g/mol. The average molecular weight is 402 g/mol. The fourth-order valence-corrected chi connectivity index (χ4v) is 2.66. The summed E-state index contributed by atoms with van der Waals surface area (Å²) in [6, 6.07) is 5.98. The number of hydrogen-bond donors (Lipinski definition) is 2. The van der Waals surface area contributed by atoms with Crippen molar-refractivity contribution in [2.45, 2.75) is 59.2 Å². The van der Waals surface area contributed by atoms with E-state index in [-0.39, 0.29) is 25.0 Å². The van der Waals surface area contributed by atoms with Gasteiger partial charge in [0, 0.05) is 18.2 Å². The number of rotatable bonds is 7. The molecule has 0 aliphatic heterocycles. The van der Waals surface area contributed by atoms with Gasteiger partial charge in [-0.15, -0.1) is 6.42 Å². The maximum absolute atomic E-state index is 12.9. The van der Waals surface area contributed by atoms with E-state index in [0.717, 1.165) is 0 Å². The van der Waals surface area contributed by atoms with Crippen LogP contribution in [0.15, 0.2) is 24.3 Å². The third-order valence-electron chi connectivity index (χ3n) is 3.83. The number of benzene rings is 1. The van der Waals surface area contributed by atoms with E-state index in [1.165, 1.54) is 4.90 Å². The molecule has 158 valence electrons. The van der Waals surface area contributed by atoms with E-state index >= 15 is 0 Å². The van der Waals surface area contributed by atoms with Gasteiger partial charge in [-0.1, -0.05) is 18.1 Å². The highest BCUT2D eigenvalue weighted by atomic mass is 16.6. The molecule has 7 heteroatoms. The van der Waals surface area contributed by atoms with E-state index in [2.05, 4.69) is 16.6 Å². The molecule has 0 saturated heterocycles. The highest BCUT2D eigenvalue weighted by Gasteiger charge is 2.31. The van der Waals surface area contributed by atoms with E-state index in [1.54, 1.807) is 52.0 Å². The lowest BCUT2D eigenvalue weighted by Crippen LogP contribution is -2.48. The minimum Gasteiger partial charge on any atom is -0.444 e. The second-order valence-electron chi connectivity index (χ2n) is 7.87. The molecule has 7 nitrogen and oxygen atoms in total. The molecular formula is C22H31N3O4. The molecule has 0 fully saturated rings. The second kappa shape index (κ2) is 10.5. The molecule has 2 N–H and O–H groups in total. The molecule has 29 heavy (non-hydrogen) atoms. The van der Waals surface area contributed by atoms with Crippen molar-refractivity contribution in [2.24, 2.45) is 0 Å². The van der Waals surface area contributed by atoms with Gasteiger partial charge in [-0.2, -0.15) is 0 Å². The molecule has 1 aromatic rings. The summed E-state index contributed by atoms with van der Waals surface area (Å²) in [5, 5.41) is 5.30. The number of ether oxygens (including phenoxy) is 1. The third kappa shape index (κ3) is 7.86. The molecule has 0 spiro atoms. The summed E-state index contributed by atoms with van der Waals surface area (Å²) in [6.07, 6.45) is 4.71. The van der Waals surface area contributed by atoms with Crippen LogP contribution in [0.5, 0.6) is 0 Å². The Morgan fingerprint density at radius 3 is 2.21 bits per heavy atom. The first-order valence-corrected chi connectivity index (χ1v) is 9.61. The van der Waals surface area contributed by atoms with Crippen molar-refractivity contribution in [1.82, 2.24) is 15.5 Å². The summed E-state index contributed by atoms with van der Waals surface area (Å²) in [7, 11) is 0. The smallest absolute Gasteiger partial charge is 0.408 e. The Labute approximate surface area is 173 Å². The van der Waals surface area contributed by atoms with Gasteiger partial charge in [-0.05, 0) is 59.2 Å². The van der Waals surface area contributed by atoms with Crippen LogP contribution < -0.4 is 10.6 Å². The van der Waals surface area contributed by atoms with Gasteiger partial charge in [0.2, 0.25) is 11.8 Å². The maximum atomic E-state index is 12.9. The molecule has 1 unspecified atom stereocenters. The monoisotopic (exact) mass is 401 g/mol. The van der Waals surface area contributed by atoms with Gasteiger partial charge in [-0.3, -0.25) is 9.59 Å². The highest BCUT2D eigenvalue weighted by Crippen LogP contribution is 2.22. The Balaban J connectivity index is 3.06. The second-order valence-corrected chi connectivity index (χ2v) is 7.87.